The highest BCUT2D eigenvalue weighted by Crippen LogP contribution is 2.29. The fourth-order valence-electron chi connectivity index (χ4n) is 3.53. The summed E-state index contributed by atoms with van der Waals surface area (Å²) in [7, 11) is 0. The molecule has 1 saturated heterocycles. The first-order chi connectivity index (χ1) is 8.20. The molecule has 1 aliphatic carbocycles. The zero-order valence-corrected chi connectivity index (χ0v) is 11.4. The Labute approximate surface area is 106 Å². The van der Waals surface area contributed by atoms with Crippen LogP contribution in [0.3, 0.4) is 0 Å². The average Bonchev–Trinajstić information content (AvgIpc) is 2.82. The molecule has 3 nitrogen and oxygen atoms in total. The van der Waals surface area contributed by atoms with E-state index < -0.39 is 0 Å². The predicted molar refractivity (Wildman–Crippen MR) is 71.1 cm³/mol. The van der Waals surface area contributed by atoms with Crippen LogP contribution >= 0.6 is 0 Å². The molecule has 1 aliphatic heterocycles. The topological polar surface area (TPSA) is 35.5 Å². The van der Waals surface area contributed by atoms with Gasteiger partial charge in [-0.2, -0.15) is 0 Å². The molecule has 2 aliphatic rings. The minimum atomic E-state index is -0.166. The molecule has 100 valence electrons. The van der Waals surface area contributed by atoms with Crippen LogP contribution in [0.15, 0.2) is 0 Å². The van der Waals surface area contributed by atoms with Crippen LogP contribution < -0.4 is 5.32 Å². The van der Waals surface area contributed by atoms with Gasteiger partial charge in [0, 0.05) is 25.2 Å². The third kappa shape index (κ3) is 3.43. The summed E-state index contributed by atoms with van der Waals surface area (Å²) in [6.07, 6.45) is 6.49. The molecular formula is C14H28N2O. The van der Waals surface area contributed by atoms with Crippen molar-refractivity contribution in [2.24, 2.45) is 5.92 Å². The van der Waals surface area contributed by atoms with Crippen LogP contribution in [0.5, 0.6) is 0 Å². The van der Waals surface area contributed by atoms with Crippen LogP contribution in [-0.2, 0) is 0 Å². The van der Waals surface area contributed by atoms with Crippen LogP contribution in [-0.4, -0.2) is 47.8 Å². The number of likely N-dealkylation sites (N-methyl/N-ethyl adjacent to an activating group) is 1. The van der Waals surface area contributed by atoms with Crippen LogP contribution in [0.1, 0.15) is 46.0 Å². The van der Waals surface area contributed by atoms with Gasteiger partial charge in [-0.05, 0) is 38.6 Å². The number of nitrogens with one attached hydrogen (secondary N) is 1. The molecule has 3 heteroatoms. The summed E-state index contributed by atoms with van der Waals surface area (Å²) >= 11 is 0. The Kier molecular flexibility index (Phi) is 4.83. The Morgan fingerprint density at radius 3 is 2.59 bits per heavy atom. The molecule has 0 bridgehead atoms. The van der Waals surface area contributed by atoms with Crippen LogP contribution in [0, 0.1) is 5.92 Å². The van der Waals surface area contributed by atoms with E-state index in [1.54, 1.807) is 0 Å². The molecule has 0 aromatic carbocycles. The van der Waals surface area contributed by atoms with E-state index in [4.69, 9.17) is 0 Å². The van der Waals surface area contributed by atoms with Crippen LogP contribution in [0.25, 0.3) is 0 Å². The highest BCUT2D eigenvalue weighted by molar-refractivity contribution is 4.89. The van der Waals surface area contributed by atoms with Crippen molar-refractivity contribution in [1.82, 2.24) is 10.2 Å². The number of likely N-dealkylation sites (tertiary alicyclic amines) is 1. The lowest BCUT2D eigenvalue weighted by Crippen LogP contribution is -2.53. The molecular weight excluding hydrogens is 212 g/mol. The van der Waals surface area contributed by atoms with Crippen LogP contribution in [0.2, 0.25) is 0 Å². The molecule has 0 aromatic rings. The molecule has 2 fully saturated rings. The maximum absolute atomic E-state index is 9.87. The molecule has 0 amide bonds. The zero-order valence-electron chi connectivity index (χ0n) is 11.4. The molecule has 3 unspecified atom stereocenters. The van der Waals surface area contributed by atoms with Gasteiger partial charge in [-0.15, -0.1) is 0 Å². The second-order valence-electron chi connectivity index (χ2n) is 5.88. The van der Waals surface area contributed by atoms with Gasteiger partial charge < -0.3 is 10.4 Å². The molecule has 3 atom stereocenters. The van der Waals surface area contributed by atoms with E-state index in [0.29, 0.717) is 12.0 Å². The maximum atomic E-state index is 9.87. The monoisotopic (exact) mass is 240 g/mol. The number of piperidine rings is 1. The number of aliphatic hydroxyl groups excluding tert-OH is 1. The molecule has 0 aromatic heterocycles. The van der Waals surface area contributed by atoms with Gasteiger partial charge in [-0.25, -0.2) is 0 Å². The molecule has 0 radical (unpaired) electrons. The first-order valence-corrected chi connectivity index (χ1v) is 7.36. The molecule has 2 N–H and O–H groups in total. The van der Waals surface area contributed by atoms with E-state index >= 15 is 0 Å². The first-order valence-electron chi connectivity index (χ1n) is 7.36. The molecule has 0 spiro atoms. The Morgan fingerprint density at radius 1 is 1.29 bits per heavy atom. The number of hydrogen-bond acceptors (Lipinski definition) is 3. The van der Waals surface area contributed by atoms with Gasteiger partial charge >= 0.3 is 0 Å². The smallest absolute Gasteiger partial charge is 0.0553 e. The van der Waals surface area contributed by atoms with Crippen molar-refractivity contribution in [2.75, 3.05) is 19.6 Å². The van der Waals surface area contributed by atoms with Crippen molar-refractivity contribution >= 4 is 0 Å². The van der Waals surface area contributed by atoms with Crippen molar-refractivity contribution in [2.45, 2.75) is 64.1 Å². The average molecular weight is 240 g/mol. The van der Waals surface area contributed by atoms with E-state index in [0.717, 1.165) is 25.6 Å². The highest BCUT2D eigenvalue weighted by atomic mass is 16.3. The lowest BCUT2D eigenvalue weighted by Gasteiger charge is -2.42. The number of rotatable bonds is 4. The standard InChI is InChI=1S/C14H28N2O/c1-3-15-13-8-12(11(2)17)9-16(10-13)14-6-4-5-7-14/h11-15,17H,3-10H2,1-2H3. The van der Waals surface area contributed by atoms with E-state index in [1.165, 1.54) is 32.2 Å². The summed E-state index contributed by atoms with van der Waals surface area (Å²) in [5.74, 6) is 0.452. The van der Waals surface area contributed by atoms with Gasteiger partial charge in [0.2, 0.25) is 0 Å². The quantitative estimate of drug-likeness (QED) is 0.783. The third-order valence-corrected chi connectivity index (χ3v) is 4.53. The van der Waals surface area contributed by atoms with Gasteiger partial charge in [0.15, 0.2) is 0 Å². The van der Waals surface area contributed by atoms with Crippen molar-refractivity contribution in [1.29, 1.82) is 0 Å². The van der Waals surface area contributed by atoms with Gasteiger partial charge in [0.25, 0.3) is 0 Å². The summed E-state index contributed by atoms with van der Waals surface area (Å²) in [6, 6.07) is 1.37. The van der Waals surface area contributed by atoms with Crippen LogP contribution in [0.4, 0.5) is 0 Å². The van der Waals surface area contributed by atoms with Gasteiger partial charge in [0.05, 0.1) is 6.10 Å². The molecule has 17 heavy (non-hydrogen) atoms. The summed E-state index contributed by atoms with van der Waals surface area (Å²) in [5, 5.41) is 13.4. The Hall–Kier alpha value is -0.120. The number of nitrogens with zero attached hydrogens (tertiary/aromatic N) is 1. The summed E-state index contributed by atoms with van der Waals surface area (Å²) in [6.45, 7) is 7.44. The summed E-state index contributed by atoms with van der Waals surface area (Å²) in [5.41, 5.74) is 0. The van der Waals surface area contributed by atoms with Crippen molar-refractivity contribution in [3.8, 4) is 0 Å². The van der Waals surface area contributed by atoms with E-state index in [2.05, 4.69) is 17.1 Å². The summed E-state index contributed by atoms with van der Waals surface area (Å²) in [4.78, 5) is 2.64. The summed E-state index contributed by atoms with van der Waals surface area (Å²) < 4.78 is 0. The lowest BCUT2D eigenvalue weighted by molar-refractivity contribution is 0.0305. The second kappa shape index (κ2) is 6.17. The van der Waals surface area contributed by atoms with Crippen molar-refractivity contribution in [3.63, 3.8) is 0 Å². The highest BCUT2D eigenvalue weighted by Gasteiger charge is 2.33. The minimum absolute atomic E-state index is 0.166. The Bertz CT molecular complexity index is 226. The fraction of sp³-hybridized carbons (Fsp3) is 1.00. The van der Waals surface area contributed by atoms with Crippen molar-refractivity contribution < 1.29 is 5.11 Å². The first kappa shape index (κ1) is 13.3. The number of aliphatic hydroxyl groups is 1. The Morgan fingerprint density at radius 2 is 2.00 bits per heavy atom. The maximum Gasteiger partial charge on any atom is 0.0553 e. The zero-order chi connectivity index (χ0) is 12.3. The second-order valence-corrected chi connectivity index (χ2v) is 5.88. The largest absolute Gasteiger partial charge is 0.393 e. The molecule has 2 rings (SSSR count). The number of hydrogen-bond donors (Lipinski definition) is 2. The SMILES string of the molecule is CCNC1CC(C(C)O)CN(C2CCCC2)C1. The molecule has 1 heterocycles. The normalized spacial score (nSPS) is 34.1. The molecule has 1 saturated carbocycles. The minimum Gasteiger partial charge on any atom is -0.393 e. The van der Waals surface area contributed by atoms with Crippen molar-refractivity contribution in [3.05, 3.63) is 0 Å². The van der Waals surface area contributed by atoms with Gasteiger partial charge in [0.1, 0.15) is 0 Å². The van der Waals surface area contributed by atoms with E-state index in [9.17, 15) is 5.11 Å². The van der Waals surface area contributed by atoms with Gasteiger partial charge in [-0.1, -0.05) is 19.8 Å². The fourth-order valence-corrected chi connectivity index (χ4v) is 3.53. The lowest BCUT2D eigenvalue weighted by atomic mass is 9.89. The van der Waals surface area contributed by atoms with E-state index in [-0.39, 0.29) is 6.10 Å². The third-order valence-electron chi connectivity index (χ3n) is 4.53. The van der Waals surface area contributed by atoms with Gasteiger partial charge in [-0.3, -0.25) is 4.90 Å². The Balaban J connectivity index is 1.95. The predicted octanol–water partition coefficient (Wildman–Crippen LogP) is 1.61. The van der Waals surface area contributed by atoms with E-state index in [1.807, 2.05) is 6.92 Å².